The van der Waals surface area contributed by atoms with Gasteiger partial charge in [0.1, 0.15) is 0 Å². The largest absolute Gasteiger partial charge is 0.495 e. The van der Waals surface area contributed by atoms with Crippen molar-refractivity contribution in [2.75, 3.05) is 0 Å². The van der Waals surface area contributed by atoms with Crippen LogP contribution in [0.4, 0.5) is 0 Å². The average Bonchev–Trinajstić information content (AvgIpc) is 3.13. The Kier molecular flexibility index (Phi) is 4.06. The van der Waals surface area contributed by atoms with Crippen LogP contribution in [0.5, 0.6) is 0 Å². The summed E-state index contributed by atoms with van der Waals surface area (Å²) in [7, 11) is -1.84. The van der Waals surface area contributed by atoms with Crippen LogP contribution in [0.15, 0.2) is 59.8 Å². The summed E-state index contributed by atoms with van der Waals surface area (Å²) in [4.78, 5) is 5.18. The van der Waals surface area contributed by atoms with Crippen molar-refractivity contribution in [2.24, 2.45) is 0 Å². The molecule has 2 aromatic heterocycles. The van der Waals surface area contributed by atoms with E-state index >= 15 is 0 Å². The Morgan fingerprint density at radius 2 is 1.65 bits per heavy atom. The highest BCUT2D eigenvalue weighted by Gasteiger charge is 2.52. The molecule has 1 aliphatic heterocycles. The third-order valence-electron chi connectivity index (χ3n) is 5.22. The number of fused-ring (bicyclic) bond motifs is 1. The number of benzene rings is 1. The molecule has 4 rings (SSSR count). The molecule has 1 atom stereocenters. The number of pyridine rings is 1. The van der Waals surface area contributed by atoms with Gasteiger partial charge in [-0.15, -0.1) is 0 Å². The quantitative estimate of drug-likeness (QED) is 0.667. The predicted octanol–water partition coefficient (Wildman–Crippen LogP) is 2.91. The zero-order valence-corrected chi connectivity index (χ0v) is 16.1. The lowest BCUT2D eigenvalue weighted by molar-refractivity contribution is 0.00578. The third kappa shape index (κ3) is 2.71. The number of hydrogen-bond donors (Lipinski definition) is 0. The molecule has 134 valence electrons. The van der Waals surface area contributed by atoms with Crippen molar-refractivity contribution in [1.82, 2.24) is 8.96 Å². The van der Waals surface area contributed by atoms with E-state index < -0.39 is 29.3 Å². The Morgan fingerprint density at radius 3 is 2.31 bits per heavy atom. The van der Waals surface area contributed by atoms with Crippen molar-refractivity contribution in [2.45, 2.75) is 43.8 Å². The summed E-state index contributed by atoms with van der Waals surface area (Å²) in [5, 5.41) is 0.885. The van der Waals surface area contributed by atoms with E-state index in [9.17, 15) is 4.21 Å². The summed E-state index contributed by atoms with van der Waals surface area (Å²) in [6, 6.07) is 13.2. The Balaban J connectivity index is 1.76. The van der Waals surface area contributed by atoms with E-state index in [2.05, 4.69) is 4.98 Å². The van der Waals surface area contributed by atoms with Gasteiger partial charge >= 0.3 is 7.12 Å². The lowest BCUT2D eigenvalue weighted by Crippen LogP contribution is -2.41. The van der Waals surface area contributed by atoms with Gasteiger partial charge in [-0.2, -0.15) is 0 Å². The lowest BCUT2D eigenvalue weighted by Gasteiger charge is -2.32. The summed E-state index contributed by atoms with van der Waals surface area (Å²) in [6.07, 6.45) is 3.51. The molecule has 1 unspecified atom stereocenters. The molecule has 3 heterocycles. The molecule has 7 heteroatoms. The molecule has 1 aromatic carbocycles. The summed E-state index contributed by atoms with van der Waals surface area (Å²) in [5.41, 5.74) is 0.725. The van der Waals surface area contributed by atoms with E-state index in [1.54, 1.807) is 16.4 Å². The van der Waals surface area contributed by atoms with Crippen LogP contribution in [0, 0.1) is 0 Å². The van der Waals surface area contributed by atoms with Crippen molar-refractivity contribution in [1.29, 1.82) is 0 Å². The molecule has 26 heavy (non-hydrogen) atoms. The molecule has 1 saturated heterocycles. The summed E-state index contributed by atoms with van der Waals surface area (Å²) in [5.74, 6) is 0. The smallest absolute Gasteiger partial charge is 0.399 e. The van der Waals surface area contributed by atoms with Gasteiger partial charge in [-0.3, -0.25) is 0 Å². The SMILES string of the molecule is CC1(C)OB(c2ccnc3c2ccn3S(=O)c2ccccc2)OC1(C)C. The number of aromatic nitrogens is 2. The highest BCUT2D eigenvalue weighted by atomic mass is 32.2. The molecule has 5 nitrogen and oxygen atoms in total. The standard InChI is InChI=1S/C19H21BN2O3S/c1-18(2)19(3,4)25-20(24-18)16-10-12-21-17-15(16)11-13-22(17)26(23)14-8-6-5-7-9-14/h5-13H,1-4H3. The summed E-state index contributed by atoms with van der Waals surface area (Å²) < 4.78 is 27.0. The first kappa shape index (κ1) is 17.5. The Bertz CT molecular complexity index is 969. The first-order valence-electron chi connectivity index (χ1n) is 8.59. The number of rotatable bonds is 3. The van der Waals surface area contributed by atoms with Gasteiger partial charge in [0.15, 0.2) is 16.6 Å². The monoisotopic (exact) mass is 368 g/mol. The molecule has 1 fully saturated rings. The van der Waals surface area contributed by atoms with Gasteiger partial charge in [0.05, 0.1) is 16.1 Å². The van der Waals surface area contributed by atoms with Crippen LogP contribution in [0.3, 0.4) is 0 Å². The fourth-order valence-corrected chi connectivity index (χ4v) is 4.09. The fraction of sp³-hybridized carbons (Fsp3) is 0.316. The molecule has 0 bridgehead atoms. The van der Waals surface area contributed by atoms with E-state index in [4.69, 9.17) is 9.31 Å². The minimum absolute atomic E-state index is 0.414. The van der Waals surface area contributed by atoms with Gasteiger partial charge in [-0.1, -0.05) is 18.2 Å². The van der Waals surface area contributed by atoms with Crippen molar-refractivity contribution in [3.05, 3.63) is 54.9 Å². The molecular weight excluding hydrogens is 347 g/mol. The normalized spacial score (nSPS) is 19.8. The van der Waals surface area contributed by atoms with Crippen molar-refractivity contribution < 1.29 is 13.5 Å². The van der Waals surface area contributed by atoms with Gasteiger partial charge < -0.3 is 9.31 Å². The second-order valence-corrected chi connectivity index (χ2v) is 8.79. The molecule has 0 N–H and O–H groups in total. The molecule has 1 aliphatic rings. The maximum absolute atomic E-state index is 12.9. The number of nitrogens with zero attached hydrogens (tertiary/aromatic N) is 2. The Hall–Kier alpha value is -1.96. The van der Waals surface area contributed by atoms with Crippen molar-refractivity contribution >= 4 is 34.6 Å². The third-order valence-corrected chi connectivity index (χ3v) is 6.55. The highest BCUT2D eigenvalue weighted by molar-refractivity contribution is 7.83. The summed E-state index contributed by atoms with van der Waals surface area (Å²) in [6.45, 7) is 8.12. The average molecular weight is 368 g/mol. The minimum Gasteiger partial charge on any atom is -0.399 e. The van der Waals surface area contributed by atoms with Crippen LogP contribution in [-0.2, 0) is 20.3 Å². The van der Waals surface area contributed by atoms with Crippen molar-refractivity contribution in [3.8, 4) is 0 Å². The van der Waals surface area contributed by atoms with E-state index in [0.29, 0.717) is 5.65 Å². The van der Waals surface area contributed by atoms with Crippen LogP contribution >= 0.6 is 0 Å². The van der Waals surface area contributed by atoms with E-state index in [-0.39, 0.29) is 0 Å². The van der Waals surface area contributed by atoms with Crippen LogP contribution in [0.25, 0.3) is 11.0 Å². The van der Waals surface area contributed by atoms with Crippen LogP contribution in [-0.4, -0.2) is 31.5 Å². The maximum Gasteiger partial charge on any atom is 0.495 e. The molecule has 0 radical (unpaired) electrons. The lowest BCUT2D eigenvalue weighted by atomic mass is 9.78. The molecule has 0 spiro atoms. The zero-order valence-electron chi connectivity index (χ0n) is 15.3. The van der Waals surface area contributed by atoms with Crippen LogP contribution < -0.4 is 5.46 Å². The molecule has 0 saturated carbocycles. The second-order valence-electron chi connectivity index (χ2n) is 7.43. The Morgan fingerprint density at radius 1 is 1.00 bits per heavy atom. The molecular formula is C19H21BN2O3S. The first-order chi connectivity index (χ1) is 12.3. The molecule has 0 aliphatic carbocycles. The van der Waals surface area contributed by atoms with Gasteiger partial charge in [-0.25, -0.2) is 13.2 Å². The van der Waals surface area contributed by atoms with E-state index in [0.717, 1.165) is 15.7 Å². The fourth-order valence-electron chi connectivity index (χ4n) is 3.00. The predicted molar refractivity (Wildman–Crippen MR) is 104 cm³/mol. The van der Waals surface area contributed by atoms with E-state index in [1.165, 1.54) is 0 Å². The topological polar surface area (TPSA) is 53.4 Å². The minimum atomic E-state index is -1.36. The second kappa shape index (κ2) is 6.04. The van der Waals surface area contributed by atoms with E-state index in [1.807, 2.05) is 70.2 Å². The zero-order chi connectivity index (χ0) is 18.5. The van der Waals surface area contributed by atoms with Crippen molar-refractivity contribution in [3.63, 3.8) is 0 Å². The first-order valence-corrected chi connectivity index (χ1v) is 9.70. The summed E-state index contributed by atoms with van der Waals surface area (Å²) >= 11 is 0. The van der Waals surface area contributed by atoms with Gasteiger partial charge in [0, 0.05) is 17.8 Å². The maximum atomic E-state index is 12.9. The number of hydrogen-bond acceptors (Lipinski definition) is 4. The van der Waals surface area contributed by atoms with Crippen LogP contribution in [0.1, 0.15) is 27.7 Å². The van der Waals surface area contributed by atoms with Gasteiger partial charge in [0.25, 0.3) is 0 Å². The van der Waals surface area contributed by atoms with Crippen LogP contribution in [0.2, 0.25) is 0 Å². The Labute approximate surface area is 156 Å². The van der Waals surface area contributed by atoms with Gasteiger partial charge in [0.2, 0.25) is 0 Å². The molecule has 3 aromatic rings. The highest BCUT2D eigenvalue weighted by Crippen LogP contribution is 2.37. The van der Waals surface area contributed by atoms with Gasteiger partial charge in [-0.05, 0) is 57.4 Å². The molecule has 0 amide bonds.